The van der Waals surface area contributed by atoms with Gasteiger partial charge in [0.1, 0.15) is 11.6 Å². The van der Waals surface area contributed by atoms with Gasteiger partial charge in [-0.3, -0.25) is 4.79 Å². The smallest absolute Gasteiger partial charge is 0.254 e. The third-order valence-corrected chi connectivity index (χ3v) is 3.20. The lowest BCUT2D eigenvalue weighted by molar-refractivity contribution is 0.0912. The summed E-state index contributed by atoms with van der Waals surface area (Å²) in [7, 11) is 0. The molecule has 1 unspecified atom stereocenters. The fourth-order valence-corrected chi connectivity index (χ4v) is 2.04. The fourth-order valence-electron chi connectivity index (χ4n) is 2.04. The topological polar surface area (TPSA) is 69.6 Å². The van der Waals surface area contributed by atoms with Crippen LogP contribution < -0.4 is 5.32 Å². The van der Waals surface area contributed by atoms with Crippen LogP contribution >= 0.6 is 0 Å². The first-order valence-corrected chi connectivity index (χ1v) is 6.49. The zero-order valence-electron chi connectivity index (χ0n) is 11.5. The van der Waals surface area contributed by atoms with E-state index in [2.05, 4.69) is 5.32 Å². The van der Waals surface area contributed by atoms with Crippen LogP contribution in [0.3, 0.4) is 0 Å². The maximum Gasteiger partial charge on any atom is 0.254 e. The van der Waals surface area contributed by atoms with Gasteiger partial charge in [-0.05, 0) is 30.2 Å². The standard InChI is InChI=1S/C16H16FNO3/c1-10-4-2-3-5-12(10)15(20)9-18-16(21)13-7-6-11(19)8-14(13)17/h2-8,15,19-20H,9H2,1H3,(H,18,21). The first-order chi connectivity index (χ1) is 9.99. The highest BCUT2D eigenvalue weighted by Gasteiger charge is 2.15. The number of aliphatic hydroxyl groups is 1. The van der Waals surface area contributed by atoms with E-state index in [4.69, 9.17) is 5.11 Å². The molecule has 2 aromatic rings. The molecule has 5 heteroatoms. The number of carbonyl (C=O) groups excluding carboxylic acids is 1. The van der Waals surface area contributed by atoms with E-state index in [-0.39, 0.29) is 17.9 Å². The molecule has 2 rings (SSSR count). The van der Waals surface area contributed by atoms with Crippen molar-refractivity contribution in [3.05, 3.63) is 65.0 Å². The molecule has 3 N–H and O–H groups in total. The molecule has 0 fully saturated rings. The Kier molecular flexibility index (Phi) is 4.55. The molecule has 110 valence electrons. The van der Waals surface area contributed by atoms with Crippen molar-refractivity contribution in [3.63, 3.8) is 0 Å². The first kappa shape index (κ1) is 15.0. The van der Waals surface area contributed by atoms with Gasteiger partial charge in [-0.15, -0.1) is 0 Å². The van der Waals surface area contributed by atoms with E-state index in [1.807, 2.05) is 19.1 Å². The monoisotopic (exact) mass is 289 g/mol. The summed E-state index contributed by atoms with van der Waals surface area (Å²) in [5, 5.41) is 21.6. The van der Waals surface area contributed by atoms with Crippen molar-refractivity contribution in [3.8, 4) is 5.75 Å². The van der Waals surface area contributed by atoms with Gasteiger partial charge in [0.2, 0.25) is 0 Å². The van der Waals surface area contributed by atoms with Crippen molar-refractivity contribution in [1.29, 1.82) is 0 Å². The number of hydrogen-bond acceptors (Lipinski definition) is 3. The van der Waals surface area contributed by atoms with Crippen LogP contribution in [-0.2, 0) is 0 Å². The number of aromatic hydroxyl groups is 1. The molecule has 1 atom stereocenters. The number of phenolic OH excluding ortho intramolecular Hbond substituents is 1. The third kappa shape index (κ3) is 3.58. The molecule has 2 aromatic carbocycles. The van der Waals surface area contributed by atoms with Gasteiger partial charge < -0.3 is 15.5 Å². The van der Waals surface area contributed by atoms with Crippen molar-refractivity contribution >= 4 is 5.91 Å². The average molecular weight is 289 g/mol. The molecule has 0 aromatic heterocycles. The van der Waals surface area contributed by atoms with Crippen molar-refractivity contribution in [2.45, 2.75) is 13.0 Å². The minimum Gasteiger partial charge on any atom is -0.508 e. The van der Waals surface area contributed by atoms with Crippen LogP contribution in [0.4, 0.5) is 4.39 Å². The summed E-state index contributed by atoms with van der Waals surface area (Å²) >= 11 is 0. The Hall–Kier alpha value is -2.40. The molecule has 0 aliphatic carbocycles. The molecule has 0 radical (unpaired) electrons. The van der Waals surface area contributed by atoms with Gasteiger partial charge in [-0.2, -0.15) is 0 Å². The van der Waals surface area contributed by atoms with Gasteiger partial charge in [0, 0.05) is 12.6 Å². The van der Waals surface area contributed by atoms with Crippen LogP contribution in [0, 0.1) is 12.7 Å². The molecule has 4 nitrogen and oxygen atoms in total. The Bertz CT molecular complexity index is 658. The molecule has 0 saturated carbocycles. The summed E-state index contributed by atoms with van der Waals surface area (Å²) in [6.07, 6.45) is -0.865. The molecular formula is C16H16FNO3. The number of halogens is 1. The van der Waals surface area contributed by atoms with Crippen LogP contribution in [0.2, 0.25) is 0 Å². The van der Waals surface area contributed by atoms with Crippen molar-refractivity contribution in [2.75, 3.05) is 6.54 Å². The first-order valence-electron chi connectivity index (χ1n) is 6.49. The largest absolute Gasteiger partial charge is 0.508 e. The second kappa shape index (κ2) is 6.37. The Labute approximate surface area is 121 Å². The van der Waals surface area contributed by atoms with Crippen LogP contribution in [0.1, 0.15) is 27.6 Å². The number of carbonyl (C=O) groups is 1. The molecule has 0 bridgehead atoms. The Morgan fingerprint density at radius 2 is 2.00 bits per heavy atom. The van der Waals surface area contributed by atoms with E-state index < -0.39 is 17.8 Å². The van der Waals surface area contributed by atoms with Crippen LogP contribution in [0.25, 0.3) is 0 Å². The van der Waals surface area contributed by atoms with Crippen LogP contribution in [0.5, 0.6) is 5.75 Å². The van der Waals surface area contributed by atoms with E-state index in [1.54, 1.807) is 12.1 Å². The zero-order valence-corrected chi connectivity index (χ0v) is 11.5. The van der Waals surface area contributed by atoms with E-state index in [9.17, 15) is 14.3 Å². The summed E-state index contributed by atoms with van der Waals surface area (Å²) < 4.78 is 13.5. The molecule has 0 aliphatic heterocycles. The highest BCUT2D eigenvalue weighted by atomic mass is 19.1. The summed E-state index contributed by atoms with van der Waals surface area (Å²) in [4.78, 5) is 11.9. The molecule has 0 spiro atoms. The number of phenols is 1. The summed E-state index contributed by atoms with van der Waals surface area (Å²) in [6, 6.07) is 10.6. The van der Waals surface area contributed by atoms with Gasteiger partial charge in [0.05, 0.1) is 11.7 Å². The lowest BCUT2D eigenvalue weighted by Crippen LogP contribution is -2.29. The molecule has 0 aliphatic rings. The van der Waals surface area contributed by atoms with E-state index >= 15 is 0 Å². The van der Waals surface area contributed by atoms with Crippen molar-refractivity contribution in [1.82, 2.24) is 5.32 Å². The fraction of sp³-hybridized carbons (Fsp3) is 0.188. The number of rotatable bonds is 4. The molecule has 21 heavy (non-hydrogen) atoms. The van der Waals surface area contributed by atoms with Crippen molar-refractivity contribution < 1.29 is 19.4 Å². The van der Waals surface area contributed by atoms with E-state index in [1.165, 1.54) is 12.1 Å². The predicted molar refractivity (Wildman–Crippen MR) is 76.5 cm³/mol. The van der Waals surface area contributed by atoms with Crippen LogP contribution in [0.15, 0.2) is 42.5 Å². The second-order valence-corrected chi connectivity index (χ2v) is 4.75. The highest BCUT2D eigenvalue weighted by Crippen LogP contribution is 2.17. The van der Waals surface area contributed by atoms with Gasteiger partial charge in [-0.25, -0.2) is 4.39 Å². The van der Waals surface area contributed by atoms with Gasteiger partial charge >= 0.3 is 0 Å². The van der Waals surface area contributed by atoms with Gasteiger partial charge in [-0.1, -0.05) is 24.3 Å². The van der Waals surface area contributed by atoms with Gasteiger partial charge in [0.25, 0.3) is 5.91 Å². The Balaban J connectivity index is 2.02. The van der Waals surface area contributed by atoms with Crippen LogP contribution in [-0.4, -0.2) is 22.7 Å². The molecule has 0 saturated heterocycles. The van der Waals surface area contributed by atoms with E-state index in [0.29, 0.717) is 5.56 Å². The van der Waals surface area contributed by atoms with Gasteiger partial charge in [0.15, 0.2) is 0 Å². The third-order valence-electron chi connectivity index (χ3n) is 3.20. The maximum atomic E-state index is 13.5. The lowest BCUT2D eigenvalue weighted by Gasteiger charge is -2.14. The normalized spacial score (nSPS) is 12.0. The number of amides is 1. The number of hydrogen-bond donors (Lipinski definition) is 3. The van der Waals surface area contributed by atoms with E-state index in [0.717, 1.165) is 11.6 Å². The highest BCUT2D eigenvalue weighted by molar-refractivity contribution is 5.94. The second-order valence-electron chi connectivity index (χ2n) is 4.75. The number of aliphatic hydroxyl groups excluding tert-OH is 1. The van der Waals surface area contributed by atoms with Crippen molar-refractivity contribution in [2.24, 2.45) is 0 Å². The molecule has 1 amide bonds. The summed E-state index contributed by atoms with van der Waals surface area (Å²) in [5.41, 5.74) is 1.45. The SMILES string of the molecule is Cc1ccccc1C(O)CNC(=O)c1ccc(O)cc1F. The lowest BCUT2D eigenvalue weighted by atomic mass is 10.0. The Morgan fingerprint density at radius 3 is 2.67 bits per heavy atom. The number of benzene rings is 2. The number of aryl methyl sites for hydroxylation is 1. The minimum absolute atomic E-state index is 0.0238. The molecule has 0 heterocycles. The average Bonchev–Trinajstić information content (AvgIpc) is 2.45. The summed E-state index contributed by atoms with van der Waals surface area (Å²) in [5.74, 6) is -1.69. The minimum atomic E-state index is -0.865. The summed E-state index contributed by atoms with van der Waals surface area (Å²) in [6.45, 7) is 1.84. The maximum absolute atomic E-state index is 13.5. The number of nitrogens with one attached hydrogen (secondary N) is 1. The zero-order chi connectivity index (χ0) is 15.4. The molecular weight excluding hydrogens is 273 g/mol. The predicted octanol–water partition coefficient (Wildman–Crippen LogP) is 2.30. The quantitative estimate of drug-likeness (QED) is 0.809. The Morgan fingerprint density at radius 1 is 1.29 bits per heavy atom.